The van der Waals surface area contributed by atoms with Gasteiger partial charge in [0.25, 0.3) is 0 Å². The molecule has 0 fully saturated rings. The Balaban J connectivity index is 0.00000141. The lowest BCUT2D eigenvalue weighted by Gasteiger charge is -2.13. The van der Waals surface area contributed by atoms with E-state index in [0.29, 0.717) is 6.54 Å². The number of rotatable bonds is 8. The largest absolute Gasteiger partial charge is 0.495 e. The average Bonchev–Trinajstić information content (AvgIpc) is 3.32. The lowest BCUT2D eigenvalue weighted by Crippen LogP contribution is -2.31. The number of thiazole rings is 1. The second-order valence-corrected chi connectivity index (χ2v) is 8.25. The van der Waals surface area contributed by atoms with E-state index in [1.54, 1.807) is 18.4 Å². The summed E-state index contributed by atoms with van der Waals surface area (Å²) in [7, 11) is 4.56. The summed E-state index contributed by atoms with van der Waals surface area (Å²) in [5.74, 6) is 0.815. The number of fused-ring (bicyclic) bond motifs is 1. The number of hydrogen-bond donors (Lipinski definition) is 4. The van der Waals surface area contributed by atoms with Gasteiger partial charge in [0.2, 0.25) is 0 Å². The second-order valence-electron chi connectivity index (χ2n) is 7.22. The third-order valence-electron chi connectivity index (χ3n) is 5.09. The van der Waals surface area contributed by atoms with Crippen molar-refractivity contribution in [1.82, 2.24) is 4.98 Å². The predicted molar refractivity (Wildman–Crippen MR) is 136 cm³/mol. The maximum atomic E-state index is 7.00. The van der Waals surface area contributed by atoms with Gasteiger partial charge >= 0.3 is 0 Å². The molecule has 7 heteroatoms. The number of nitrogens with zero attached hydrogens (tertiary/aromatic N) is 1. The molecule has 0 aliphatic rings. The van der Waals surface area contributed by atoms with Gasteiger partial charge in [-0.25, -0.2) is 4.98 Å². The molecule has 1 unspecified atom stereocenters. The first-order valence-corrected chi connectivity index (χ1v) is 11.2. The minimum atomic E-state index is 0.00789. The monoisotopic (exact) mass is 450 g/mol. The Bertz CT molecular complexity index is 1150. The van der Waals surface area contributed by atoms with Gasteiger partial charge in [-0.2, -0.15) is 0 Å². The van der Waals surface area contributed by atoms with Gasteiger partial charge in [0.1, 0.15) is 5.75 Å². The Morgan fingerprint density at radius 2 is 1.84 bits per heavy atom. The highest BCUT2D eigenvalue weighted by atomic mass is 32.1. The van der Waals surface area contributed by atoms with Crippen molar-refractivity contribution >= 4 is 32.9 Å². The molecule has 6 nitrogen and oxygen atoms in total. The van der Waals surface area contributed by atoms with Crippen LogP contribution in [0.2, 0.25) is 0 Å². The summed E-state index contributed by atoms with van der Waals surface area (Å²) in [4.78, 5) is 5.59. The van der Waals surface area contributed by atoms with Crippen LogP contribution in [-0.4, -0.2) is 43.9 Å². The minimum Gasteiger partial charge on any atom is -0.495 e. The zero-order chi connectivity index (χ0) is 22.9. The van der Waals surface area contributed by atoms with E-state index in [-0.39, 0.29) is 6.04 Å². The molecule has 1 aromatic heterocycles. The Kier molecular flexibility index (Phi) is 8.44. The van der Waals surface area contributed by atoms with E-state index in [1.165, 1.54) is 16.3 Å². The first-order chi connectivity index (χ1) is 15.7. The number of benzene rings is 3. The lowest BCUT2D eigenvalue weighted by atomic mass is 10.0. The normalized spacial score (nSPS) is 11.4. The van der Waals surface area contributed by atoms with Gasteiger partial charge in [-0.3, -0.25) is 0 Å². The molecule has 0 spiro atoms. The maximum absolute atomic E-state index is 7.00. The molecule has 0 aliphatic heterocycles. The number of aliphatic hydroxyl groups excluding tert-OH is 1. The molecule has 0 saturated carbocycles. The molecule has 4 rings (SSSR count). The van der Waals surface area contributed by atoms with Gasteiger partial charge in [0.15, 0.2) is 5.13 Å². The number of methoxy groups -OCH3 is 1. The smallest absolute Gasteiger partial charge is 0.183 e. The van der Waals surface area contributed by atoms with Crippen LogP contribution in [0.3, 0.4) is 0 Å². The number of hydrogen-bond acceptors (Lipinski definition) is 7. The average molecular weight is 451 g/mol. The Labute approximate surface area is 193 Å². The topological polar surface area (TPSA) is 92.4 Å². The van der Waals surface area contributed by atoms with Crippen LogP contribution >= 0.6 is 11.3 Å². The van der Waals surface area contributed by atoms with E-state index < -0.39 is 0 Å². The number of aliphatic hydroxyl groups is 1. The lowest BCUT2D eigenvalue weighted by molar-refractivity contribution is 0.399. The van der Waals surface area contributed by atoms with Crippen molar-refractivity contribution in [2.75, 3.05) is 38.4 Å². The molecule has 5 N–H and O–H groups in total. The highest BCUT2D eigenvalue weighted by Crippen LogP contribution is 2.34. The van der Waals surface area contributed by atoms with Gasteiger partial charge < -0.3 is 26.2 Å². The molecule has 4 aromatic rings. The molecule has 3 aromatic carbocycles. The summed E-state index contributed by atoms with van der Waals surface area (Å²) >= 11 is 1.62. The van der Waals surface area contributed by atoms with Crippen molar-refractivity contribution < 1.29 is 9.84 Å². The molecule has 0 bridgehead atoms. The van der Waals surface area contributed by atoms with Gasteiger partial charge in [-0.1, -0.05) is 59.9 Å². The first kappa shape index (κ1) is 23.5. The fourth-order valence-electron chi connectivity index (χ4n) is 3.50. The Hall–Kier alpha value is -3.13. The van der Waals surface area contributed by atoms with Gasteiger partial charge in [0, 0.05) is 32.9 Å². The van der Waals surface area contributed by atoms with E-state index in [9.17, 15) is 0 Å². The zero-order valence-electron chi connectivity index (χ0n) is 18.6. The van der Waals surface area contributed by atoms with Crippen LogP contribution in [0.25, 0.3) is 21.2 Å². The number of ether oxygens (including phenoxy) is 1. The Morgan fingerprint density at radius 1 is 1.06 bits per heavy atom. The maximum Gasteiger partial charge on any atom is 0.183 e. The van der Waals surface area contributed by atoms with E-state index in [1.807, 2.05) is 25.4 Å². The van der Waals surface area contributed by atoms with Crippen LogP contribution in [0.1, 0.15) is 5.56 Å². The SMILES string of the molecule is CNc1ccc(-c2cnc(NCC(N)Cc3ccc4ccccc4c3)s2)cc1OC.CO. The molecule has 0 radical (unpaired) electrons. The van der Waals surface area contributed by atoms with E-state index in [2.05, 4.69) is 64.1 Å². The summed E-state index contributed by atoms with van der Waals surface area (Å²) in [5.41, 5.74) is 9.67. The molecule has 168 valence electrons. The van der Waals surface area contributed by atoms with Crippen molar-refractivity contribution in [3.05, 3.63) is 72.4 Å². The summed E-state index contributed by atoms with van der Waals surface area (Å²) < 4.78 is 5.46. The second kappa shape index (κ2) is 11.5. The van der Waals surface area contributed by atoms with Crippen molar-refractivity contribution in [3.63, 3.8) is 0 Å². The van der Waals surface area contributed by atoms with Gasteiger partial charge in [-0.15, -0.1) is 0 Å². The van der Waals surface area contributed by atoms with Crippen LogP contribution < -0.4 is 21.1 Å². The number of aromatic nitrogens is 1. The standard InChI is InChI=1S/C24H26N4OS.CH4O/c1-26-21-10-9-19(13-22(21)29-2)23-15-28-24(30-23)27-14-20(25)12-16-7-8-17-5-3-4-6-18(17)11-16;1-2/h3-11,13,15,20,26H,12,14,25H2,1-2H3,(H,27,28);2H,1H3. The van der Waals surface area contributed by atoms with Crippen molar-refractivity contribution in [2.45, 2.75) is 12.5 Å². The fourth-order valence-corrected chi connectivity index (χ4v) is 4.32. The third-order valence-corrected chi connectivity index (χ3v) is 6.09. The van der Waals surface area contributed by atoms with Crippen molar-refractivity contribution in [1.29, 1.82) is 0 Å². The quantitative estimate of drug-likeness (QED) is 0.313. The number of anilines is 2. The van der Waals surface area contributed by atoms with Crippen LogP contribution in [0.15, 0.2) is 66.9 Å². The van der Waals surface area contributed by atoms with Crippen molar-refractivity contribution in [3.8, 4) is 16.2 Å². The summed E-state index contributed by atoms with van der Waals surface area (Å²) in [5, 5.41) is 16.9. The predicted octanol–water partition coefficient (Wildman–Crippen LogP) is 4.60. The highest BCUT2D eigenvalue weighted by Gasteiger charge is 2.10. The molecule has 32 heavy (non-hydrogen) atoms. The van der Waals surface area contributed by atoms with E-state index >= 15 is 0 Å². The molecular weight excluding hydrogens is 420 g/mol. The number of nitrogens with two attached hydrogens (primary N) is 1. The van der Waals surface area contributed by atoms with Crippen LogP contribution in [0, 0.1) is 0 Å². The first-order valence-electron chi connectivity index (χ1n) is 10.4. The minimum absolute atomic E-state index is 0.00789. The Morgan fingerprint density at radius 3 is 2.59 bits per heavy atom. The molecular formula is C25H30N4O2S. The van der Waals surface area contributed by atoms with E-state index in [4.69, 9.17) is 15.6 Å². The summed E-state index contributed by atoms with van der Waals surface area (Å²) in [6.45, 7) is 0.668. The van der Waals surface area contributed by atoms with Crippen LogP contribution in [0.5, 0.6) is 5.75 Å². The summed E-state index contributed by atoms with van der Waals surface area (Å²) in [6, 6.07) is 21.0. The van der Waals surface area contributed by atoms with Gasteiger partial charge in [-0.05, 0) is 40.5 Å². The highest BCUT2D eigenvalue weighted by molar-refractivity contribution is 7.18. The van der Waals surface area contributed by atoms with Crippen LogP contribution in [-0.2, 0) is 6.42 Å². The summed E-state index contributed by atoms with van der Waals surface area (Å²) in [6.07, 6.45) is 2.70. The number of nitrogens with one attached hydrogen (secondary N) is 2. The molecule has 0 amide bonds. The zero-order valence-corrected chi connectivity index (χ0v) is 19.4. The molecule has 0 saturated heterocycles. The van der Waals surface area contributed by atoms with Crippen molar-refractivity contribution in [2.24, 2.45) is 5.73 Å². The van der Waals surface area contributed by atoms with Crippen LogP contribution in [0.4, 0.5) is 10.8 Å². The fraction of sp³-hybridized carbons (Fsp3) is 0.240. The van der Waals surface area contributed by atoms with E-state index in [0.717, 1.165) is 40.5 Å². The molecule has 1 atom stereocenters. The molecule has 1 heterocycles. The van der Waals surface area contributed by atoms with Gasteiger partial charge in [0.05, 0.1) is 17.7 Å². The molecule has 0 aliphatic carbocycles. The third kappa shape index (κ3) is 5.76.